The standard InChI is InChI=1S/C11H17N.ClH/c1-3-10-6-4-5-7-11(10)8-9(2)12;/h4-7,9H,3,8,12H2,1-2H3;1H. The molecule has 1 aromatic rings. The average Bonchev–Trinajstić information content (AvgIpc) is 2.04. The van der Waals surface area contributed by atoms with Gasteiger partial charge in [-0.15, -0.1) is 12.4 Å². The summed E-state index contributed by atoms with van der Waals surface area (Å²) in [4.78, 5) is 0. The molecule has 0 aliphatic rings. The Labute approximate surface area is 86.7 Å². The molecule has 13 heavy (non-hydrogen) atoms. The molecule has 0 saturated heterocycles. The van der Waals surface area contributed by atoms with Gasteiger partial charge in [-0.25, -0.2) is 0 Å². The number of halogens is 1. The van der Waals surface area contributed by atoms with Crippen molar-refractivity contribution in [3.8, 4) is 0 Å². The quantitative estimate of drug-likeness (QED) is 0.796. The Morgan fingerprint density at radius 3 is 2.23 bits per heavy atom. The lowest BCUT2D eigenvalue weighted by Gasteiger charge is -2.09. The molecule has 0 aliphatic heterocycles. The lowest BCUT2D eigenvalue weighted by atomic mass is 10.00. The summed E-state index contributed by atoms with van der Waals surface area (Å²) < 4.78 is 0. The van der Waals surface area contributed by atoms with Crippen molar-refractivity contribution in [3.63, 3.8) is 0 Å². The van der Waals surface area contributed by atoms with Crippen LogP contribution in [0.25, 0.3) is 0 Å². The molecule has 2 N–H and O–H groups in total. The molecule has 1 aromatic carbocycles. The topological polar surface area (TPSA) is 26.0 Å². The number of hydrogen-bond donors (Lipinski definition) is 1. The van der Waals surface area contributed by atoms with Gasteiger partial charge >= 0.3 is 0 Å². The average molecular weight is 200 g/mol. The maximum Gasteiger partial charge on any atom is 0.00510 e. The fourth-order valence-corrected chi connectivity index (χ4v) is 1.45. The van der Waals surface area contributed by atoms with Crippen LogP contribution in [0.1, 0.15) is 25.0 Å². The van der Waals surface area contributed by atoms with Gasteiger partial charge in [0.05, 0.1) is 0 Å². The van der Waals surface area contributed by atoms with Gasteiger partial charge in [0.15, 0.2) is 0 Å². The SMILES string of the molecule is CCc1ccccc1CC(C)N.Cl. The van der Waals surface area contributed by atoms with Crippen molar-refractivity contribution in [2.24, 2.45) is 5.73 Å². The van der Waals surface area contributed by atoms with E-state index in [4.69, 9.17) is 5.73 Å². The Bertz CT molecular complexity index is 246. The van der Waals surface area contributed by atoms with Gasteiger partial charge in [-0.3, -0.25) is 0 Å². The van der Waals surface area contributed by atoms with E-state index in [9.17, 15) is 0 Å². The number of rotatable bonds is 3. The lowest BCUT2D eigenvalue weighted by molar-refractivity contribution is 0.732. The largest absolute Gasteiger partial charge is 0.328 e. The Kier molecular flexibility index (Phi) is 5.76. The molecule has 0 spiro atoms. The summed E-state index contributed by atoms with van der Waals surface area (Å²) in [5.74, 6) is 0. The first kappa shape index (κ1) is 12.5. The monoisotopic (exact) mass is 199 g/mol. The van der Waals surface area contributed by atoms with Crippen LogP contribution >= 0.6 is 12.4 Å². The highest BCUT2D eigenvalue weighted by atomic mass is 35.5. The minimum atomic E-state index is 0. The number of aryl methyl sites for hydroxylation is 1. The fourth-order valence-electron chi connectivity index (χ4n) is 1.45. The molecule has 0 aromatic heterocycles. The fraction of sp³-hybridized carbons (Fsp3) is 0.455. The molecule has 1 unspecified atom stereocenters. The highest BCUT2D eigenvalue weighted by molar-refractivity contribution is 5.85. The Balaban J connectivity index is 0.00000144. The third-order valence-corrected chi connectivity index (χ3v) is 2.04. The predicted octanol–water partition coefficient (Wildman–Crippen LogP) is 2.56. The van der Waals surface area contributed by atoms with Crippen molar-refractivity contribution in [1.82, 2.24) is 0 Å². The van der Waals surface area contributed by atoms with E-state index >= 15 is 0 Å². The van der Waals surface area contributed by atoms with Crippen molar-refractivity contribution in [2.75, 3.05) is 0 Å². The molecular weight excluding hydrogens is 182 g/mol. The van der Waals surface area contributed by atoms with Crippen molar-refractivity contribution < 1.29 is 0 Å². The van der Waals surface area contributed by atoms with Crippen LogP contribution in [0.5, 0.6) is 0 Å². The van der Waals surface area contributed by atoms with Gasteiger partial charge in [0, 0.05) is 6.04 Å². The van der Waals surface area contributed by atoms with Gasteiger partial charge in [0.25, 0.3) is 0 Å². The second kappa shape index (κ2) is 6.01. The maximum absolute atomic E-state index is 5.75. The van der Waals surface area contributed by atoms with Crippen LogP contribution in [-0.2, 0) is 12.8 Å². The Hall–Kier alpha value is -0.530. The van der Waals surface area contributed by atoms with Gasteiger partial charge < -0.3 is 5.73 Å². The molecular formula is C11H18ClN. The van der Waals surface area contributed by atoms with Crippen LogP contribution in [-0.4, -0.2) is 6.04 Å². The van der Waals surface area contributed by atoms with Crippen molar-refractivity contribution >= 4 is 12.4 Å². The van der Waals surface area contributed by atoms with Crippen molar-refractivity contribution in [2.45, 2.75) is 32.7 Å². The molecule has 74 valence electrons. The molecule has 0 saturated carbocycles. The first-order valence-electron chi connectivity index (χ1n) is 4.56. The second-order valence-corrected chi connectivity index (χ2v) is 3.30. The van der Waals surface area contributed by atoms with Crippen LogP contribution in [0, 0.1) is 0 Å². The zero-order valence-electron chi connectivity index (χ0n) is 8.29. The molecule has 0 radical (unpaired) electrons. The third-order valence-electron chi connectivity index (χ3n) is 2.04. The van der Waals surface area contributed by atoms with Crippen molar-refractivity contribution in [1.29, 1.82) is 0 Å². The first-order valence-corrected chi connectivity index (χ1v) is 4.56. The highest BCUT2D eigenvalue weighted by Crippen LogP contribution is 2.10. The van der Waals surface area contributed by atoms with Gasteiger partial charge in [-0.05, 0) is 30.9 Å². The molecule has 2 heteroatoms. The minimum Gasteiger partial charge on any atom is -0.328 e. The molecule has 0 amide bonds. The zero-order chi connectivity index (χ0) is 8.97. The van der Waals surface area contributed by atoms with Gasteiger partial charge in [0.2, 0.25) is 0 Å². The van der Waals surface area contributed by atoms with Crippen LogP contribution in [0.4, 0.5) is 0 Å². The number of benzene rings is 1. The summed E-state index contributed by atoms with van der Waals surface area (Å²) >= 11 is 0. The van der Waals surface area contributed by atoms with E-state index in [1.165, 1.54) is 11.1 Å². The van der Waals surface area contributed by atoms with E-state index in [0.717, 1.165) is 12.8 Å². The first-order chi connectivity index (χ1) is 5.74. The summed E-state index contributed by atoms with van der Waals surface area (Å²) in [6.07, 6.45) is 2.09. The summed E-state index contributed by atoms with van der Waals surface area (Å²) in [6, 6.07) is 8.78. The van der Waals surface area contributed by atoms with E-state index in [1.807, 2.05) is 6.92 Å². The molecule has 0 bridgehead atoms. The molecule has 1 atom stereocenters. The summed E-state index contributed by atoms with van der Waals surface area (Å²) in [5, 5.41) is 0. The molecule has 1 nitrogen and oxygen atoms in total. The van der Waals surface area contributed by atoms with Crippen LogP contribution in [0.15, 0.2) is 24.3 Å². The van der Waals surface area contributed by atoms with E-state index in [2.05, 4.69) is 31.2 Å². The summed E-state index contributed by atoms with van der Waals surface area (Å²) in [5.41, 5.74) is 8.57. The van der Waals surface area contributed by atoms with Crippen LogP contribution < -0.4 is 5.73 Å². The van der Waals surface area contributed by atoms with Crippen LogP contribution in [0.2, 0.25) is 0 Å². The van der Waals surface area contributed by atoms with E-state index < -0.39 is 0 Å². The van der Waals surface area contributed by atoms with Crippen LogP contribution in [0.3, 0.4) is 0 Å². The molecule has 0 aliphatic carbocycles. The Morgan fingerprint density at radius 2 is 1.77 bits per heavy atom. The number of nitrogens with two attached hydrogens (primary N) is 1. The zero-order valence-corrected chi connectivity index (χ0v) is 9.10. The van der Waals surface area contributed by atoms with E-state index in [-0.39, 0.29) is 18.4 Å². The van der Waals surface area contributed by atoms with Crippen molar-refractivity contribution in [3.05, 3.63) is 35.4 Å². The van der Waals surface area contributed by atoms with E-state index in [1.54, 1.807) is 0 Å². The van der Waals surface area contributed by atoms with Gasteiger partial charge in [0.1, 0.15) is 0 Å². The third kappa shape index (κ3) is 3.79. The normalized spacial score (nSPS) is 11.9. The summed E-state index contributed by atoms with van der Waals surface area (Å²) in [7, 11) is 0. The lowest BCUT2D eigenvalue weighted by Crippen LogP contribution is -2.18. The molecule has 0 heterocycles. The maximum atomic E-state index is 5.75. The molecule has 1 rings (SSSR count). The van der Waals surface area contributed by atoms with Gasteiger partial charge in [-0.2, -0.15) is 0 Å². The Morgan fingerprint density at radius 1 is 1.23 bits per heavy atom. The second-order valence-electron chi connectivity index (χ2n) is 3.30. The van der Waals surface area contributed by atoms with Gasteiger partial charge in [-0.1, -0.05) is 31.2 Å². The molecule has 0 fully saturated rings. The van der Waals surface area contributed by atoms with E-state index in [0.29, 0.717) is 0 Å². The minimum absolute atomic E-state index is 0. The predicted molar refractivity (Wildman–Crippen MR) is 60.4 cm³/mol. The summed E-state index contributed by atoms with van der Waals surface area (Å²) in [6.45, 7) is 4.23. The number of hydrogen-bond acceptors (Lipinski definition) is 1. The smallest absolute Gasteiger partial charge is 0.00510 e. The highest BCUT2D eigenvalue weighted by Gasteiger charge is 2.01.